The third-order valence-corrected chi connectivity index (χ3v) is 5.40. The Kier molecular flexibility index (Phi) is 3.25. The van der Waals surface area contributed by atoms with Gasteiger partial charge in [-0.25, -0.2) is 0 Å². The molecule has 3 aliphatic rings. The van der Waals surface area contributed by atoms with E-state index in [1.54, 1.807) is 0 Å². The molecule has 1 amide bonds. The third kappa shape index (κ3) is 2.06. The van der Waals surface area contributed by atoms with E-state index >= 15 is 0 Å². The molecule has 2 aliphatic heterocycles. The summed E-state index contributed by atoms with van der Waals surface area (Å²) in [5, 5.41) is 9.32. The van der Waals surface area contributed by atoms with Crippen LogP contribution in [0.15, 0.2) is 60.2 Å². The number of benzene rings is 2. The van der Waals surface area contributed by atoms with E-state index in [0.717, 1.165) is 16.8 Å². The first kappa shape index (κ1) is 15.3. The van der Waals surface area contributed by atoms with Gasteiger partial charge in [0.05, 0.1) is 17.8 Å². The Morgan fingerprint density at radius 2 is 1.54 bits per heavy atom. The van der Waals surface area contributed by atoms with Crippen molar-refractivity contribution < 1.29 is 9.59 Å². The average Bonchev–Trinajstić information content (AvgIpc) is 2.93. The first-order valence-corrected chi connectivity index (χ1v) is 8.67. The highest BCUT2D eigenvalue weighted by Crippen LogP contribution is 2.47. The van der Waals surface area contributed by atoms with Gasteiger partial charge >= 0.3 is 0 Å². The lowest BCUT2D eigenvalue weighted by atomic mass is 9.74. The normalized spacial score (nSPS) is 29.4. The lowest BCUT2D eigenvalue weighted by Gasteiger charge is -2.44. The number of nitrogens with two attached hydrogens (primary N) is 1. The highest BCUT2D eigenvalue weighted by atomic mass is 16.2. The molecule has 2 heterocycles. The molecule has 4 atom stereocenters. The molecule has 0 saturated carbocycles. The second-order valence-electron chi connectivity index (χ2n) is 6.85. The standard InChI is InChI=1S/C20H18N4O2/c21-20-23-18-15(19(26)24-20)13(10-6-2-1-3-7-10)14-16(22-18)11-8-4-5-9-12(11)17(14)25/h1-9,13,15,18,20,22-23H,21H2,(H,24,26). The Balaban J connectivity index is 1.73. The number of amides is 1. The van der Waals surface area contributed by atoms with Gasteiger partial charge in [0.2, 0.25) is 5.91 Å². The van der Waals surface area contributed by atoms with Crippen molar-refractivity contribution in [2.24, 2.45) is 11.7 Å². The molecule has 2 aromatic rings. The van der Waals surface area contributed by atoms with E-state index in [-0.39, 0.29) is 23.8 Å². The highest BCUT2D eigenvalue weighted by molar-refractivity contribution is 6.22. The number of carbonyl (C=O) groups excluding carboxylic acids is 2. The fourth-order valence-electron chi connectivity index (χ4n) is 4.34. The van der Waals surface area contributed by atoms with Crippen molar-refractivity contribution in [3.05, 3.63) is 76.9 Å². The van der Waals surface area contributed by atoms with E-state index in [0.29, 0.717) is 11.1 Å². The predicted octanol–water partition coefficient (Wildman–Crippen LogP) is 0.885. The van der Waals surface area contributed by atoms with Crippen LogP contribution in [0.1, 0.15) is 27.4 Å². The van der Waals surface area contributed by atoms with Gasteiger partial charge in [-0.15, -0.1) is 0 Å². The predicted molar refractivity (Wildman–Crippen MR) is 96.5 cm³/mol. The Labute approximate surface area is 150 Å². The van der Waals surface area contributed by atoms with Crippen molar-refractivity contribution in [2.75, 3.05) is 0 Å². The molecule has 5 N–H and O–H groups in total. The van der Waals surface area contributed by atoms with Crippen LogP contribution in [0.3, 0.4) is 0 Å². The van der Waals surface area contributed by atoms with E-state index in [1.807, 2.05) is 54.6 Å². The summed E-state index contributed by atoms with van der Waals surface area (Å²) < 4.78 is 0. The Bertz CT molecular complexity index is 953. The van der Waals surface area contributed by atoms with Crippen LogP contribution in [-0.2, 0) is 4.79 Å². The van der Waals surface area contributed by atoms with Gasteiger partial charge in [-0.3, -0.25) is 20.6 Å². The molecule has 0 bridgehead atoms. The number of hydrogen-bond acceptors (Lipinski definition) is 5. The van der Waals surface area contributed by atoms with Crippen LogP contribution in [0.4, 0.5) is 0 Å². The van der Waals surface area contributed by atoms with Crippen molar-refractivity contribution in [1.29, 1.82) is 0 Å². The van der Waals surface area contributed by atoms with Crippen LogP contribution < -0.4 is 21.7 Å². The minimum absolute atomic E-state index is 0.0157. The molecule has 1 fully saturated rings. The molecule has 0 radical (unpaired) electrons. The number of hydrogen-bond donors (Lipinski definition) is 4. The number of rotatable bonds is 1. The van der Waals surface area contributed by atoms with Crippen LogP contribution in [-0.4, -0.2) is 24.1 Å². The van der Waals surface area contributed by atoms with Gasteiger partial charge in [0.1, 0.15) is 6.29 Å². The smallest absolute Gasteiger partial charge is 0.229 e. The van der Waals surface area contributed by atoms with Crippen molar-refractivity contribution in [3.8, 4) is 0 Å². The molecule has 4 unspecified atom stereocenters. The zero-order chi connectivity index (χ0) is 17.8. The topological polar surface area (TPSA) is 96.2 Å². The number of allylic oxidation sites excluding steroid dienone is 1. The summed E-state index contributed by atoms with van der Waals surface area (Å²) in [5.74, 6) is -0.970. The van der Waals surface area contributed by atoms with Gasteiger partial charge in [-0.1, -0.05) is 54.6 Å². The van der Waals surface area contributed by atoms with Gasteiger partial charge in [0.15, 0.2) is 5.78 Å². The Morgan fingerprint density at radius 1 is 0.846 bits per heavy atom. The minimum atomic E-state index is -0.623. The monoisotopic (exact) mass is 346 g/mol. The molecular weight excluding hydrogens is 328 g/mol. The summed E-state index contributed by atoms with van der Waals surface area (Å²) in [5.41, 5.74) is 9.88. The molecule has 5 rings (SSSR count). The Morgan fingerprint density at radius 3 is 2.31 bits per heavy atom. The van der Waals surface area contributed by atoms with E-state index in [9.17, 15) is 9.59 Å². The fraction of sp³-hybridized carbons (Fsp3) is 0.200. The van der Waals surface area contributed by atoms with Crippen LogP contribution in [0.5, 0.6) is 0 Å². The lowest BCUT2D eigenvalue weighted by molar-refractivity contribution is -0.130. The summed E-state index contributed by atoms with van der Waals surface area (Å²) in [4.78, 5) is 26.0. The molecule has 0 aromatic heterocycles. The minimum Gasteiger partial charge on any atom is -0.368 e. The van der Waals surface area contributed by atoms with E-state index in [4.69, 9.17) is 5.73 Å². The number of fused-ring (bicyclic) bond motifs is 3. The largest absolute Gasteiger partial charge is 0.368 e. The van der Waals surface area contributed by atoms with E-state index < -0.39 is 12.2 Å². The second kappa shape index (κ2) is 5.52. The molecule has 0 spiro atoms. The zero-order valence-corrected chi connectivity index (χ0v) is 13.9. The van der Waals surface area contributed by atoms with Crippen molar-refractivity contribution in [2.45, 2.75) is 18.4 Å². The van der Waals surface area contributed by atoms with Crippen LogP contribution >= 0.6 is 0 Å². The molecule has 1 aliphatic carbocycles. The summed E-state index contributed by atoms with van der Waals surface area (Å²) in [6.07, 6.45) is -0.969. The fourth-order valence-corrected chi connectivity index (χ4v) is 4.34. The number of ketones is 1. The third-order valence-electron chi connectivity index (χ3n) is 5.40. The average molecular weight is 346 g/mol. The molecule has 1 saturated heterocycles. The first-order chi connectivity index (χ1) is 12.6. The van der Waals surface area contributed by atoms with Gasteiger partial charge < -0.3 is 10.6 Å². The SMILES string of the molecule is NC1NC(=O)C2C(NC3=C(C(=O)c4ccccc43)C2c2ccccc2)N1. The van der Waals surface area contributed by atoms with E-state index in [1.165, 1.54) is 0 Å². The van der Waals surface area contributed by atoms with Gasteiger partial charge in [-0.05, 0) is 5.56 Å². The molecule has 6 nitrogen and oxygen atoms in total. The zero-order valence-electron chi connectivity index (χ0n) is 13.9. The first-order valence-electron chi connectivity index (χ1n) is 8.67. The summed E-state index contributed by atoms with van der Waals surface area (Å²) >= 11 is 0. The maximum atomic E-state index is 13.2. The van der Waals surface area contributed by atoms with Gasteiger partial charge in [-0.2, -0.15) is 0 Å². The highest BCUT2D eigenvalue weighted by Gasteiger charge is 2.50. The lowest BCUT2D eigenvalue weighted by Crippen LogP contribution is -2.70. The molecule has 26 heavy (non-hydrogen) atoms. The van der Waals surface area contributed by atoms with Crippen molar-refractivity contribution in [1.82, 2.24) is 16.0 Å². The number of nitrogens with one attached hydrogen (secondary N) is 3. The maximum absolute atomic E-state index is 13.2. The summed E-state index contributed by atoms with van der Waals surface area (Å²) in [7, 11) is 0. The maximum Gasteiger partial charge on any atom is 0.229 e. The van der Waals surface area contributed by atoms with Gasteiger partial charge in [0.25, 0.3) is 0 Å². The summed E-state index contributed by atoms with van der Waals surface area (Å²) in [6, 6.07) is 17.3. The molecule has 130 valence electrons. The number of Topliss-reactive ketones (excluding diaryl/α,β-unsaturated/α-hetero) is 1. The van der Waals surface area contributed by atoms with E-state index in [2.05, 4.69) is 16.0 Å². The van der Waals surface area contributed by atoms with Gasteiger partial charge in [0, 0.05) is 22.6 Å². The van der Waals surface area contributed by atoms with Crippen LogP contribution in [0, 0.1) is 5.92 Å². The molecule has 6 heteroatoms. The van der Waals surface area contributed by atoms with Crippen molar-refractivity contribution >= 4 is 17.4 Å². The molecular formula is C20H18N4O2. The second-order valence-corrected chi connectivity index (χ2v) is 6.85. The van der Waals surface area contributed by atoms with Crippen molar-refractivity contribution in [3.63, 3.8) is 0 Å². The quantitative estimate of drug-likeness (QED) is 0.615. The number of carbonyl (C=O) groups is 2. The summed E-state index contributed by atoms with van der Waals surface area (Å²) in [6.45, 7) is 0. The van der Waals surface area contributed by atoms with Crippen LogP contribution in [0.25, 0.3) is 5.70 Å². The Hall–Kier alpha value is -2.96. The van der Waals surface area contributed by atoms with Crippen LogP contribution in [0.2, 0.25) is 0 Å². The molecule has 2 aromatic carbocycles.